The number of nitrogens with zero attached hydrogens (tertiary/aromatic N) is 2. The highest BCUT2D eigenvalue weighted by Gasteiger charge is 2.34. The number of pyridine rings is 1. The number of likely N-dealkylation sites (tertiary alicyclic amines) is 1. The van der Waals surface area contributed by atoms with Crippen LogP contribution in [0.15, 0.2) is 24.5 Å². The van der Waals surface area contributed by atoms with Gasteiger partial charge in [-0.1, -0.05) is 0 Å². The van der Waals surface area contributed by atoms with Gasteiger partial charge in [-0.25, -0.2) is 0 Å². The van der Waals surface area contributed by atoms with Crippen LogP contribution < -0.4 is 0 Å². The standard InChI is InChI=1S/C11H14N2O2/c1-13-7-9(11(14)15)6-10(13)8-2-4-12-5-3-8/h2-5,9-10H,6-7H2,1H3,(H,14,15)/t9-,10-/m0/s1. The number of carbonyl (C=O) groups is 1. The summed E-state index contributed by atoms with van der Waals surface area (Å²) in [5, 5.41) is 8.96. The van der Waals surface area contributed by atoms with Gasteiger partial charge in [0.15, 0.2) is 0 Å². The van der Waals surface area contributed by atoms with Crippen molar-refractivity contribution in [3.8, 4) is 0 Å². The molecular weight excluding hydrogens is 192 g/mol. The van der Waals surface area contributed by atoms with Crippen LogP contribution in [0.2, 0.25) is 0 Å². The molecule has 2 heterocycles. The van der Waals surface area contributed by atoms with Crippen molar-refractivity contribution in [3.63, 3.8) is 0 Å². The fraction of sp³-hybridized carbons (Fsp3) is 0.455. The van der Waals surface area contributed by atoms with Gasteiger partial charge in [0.05, 0.1) is 5.92 Å². The zero-order valence-electron chi connectivity index (χ0n) is 8.63. The Kier molecular flexibility index (Phi) is 2.68. The number of carboxylic acid groups (broad SMARTS) is 1. The van der Waals surface area contributed by atoms with Gasteiger partial charge in [0.1, 0.15) is 0 Å². The molecule has 1 aliphatic rings. The van der Waals surface area contributed by atoms with Crippen molar-refractivity contribution < 1.29 is 9.90 Å². The molecule has 0 radical (unpaired) electrons. The second kappa shape index (κ2) is 3.98. The number of rotatable bonds is 2. The van der Waals surface area contributed by atoms with Crippen LogP contribution in [-0.4, -0.2) is 34.6 Å². The number of hydrogen-bond donors (Lipinski definition) is 1. The van der Waals surface area contributed by atoms with Crippen molar-refractivity contribution >= 4 is 5.97 Å². The summed E-state index contributed by atoms with van der Waals surface area (Å²) in [6.07, 6.45) is 4.18. The highest BCUT2D eigenvalue weighted by Crippen LogP contribution is 2.33. The molecule has 1 aromatic heterocycles. The first-order valence-electron chi connectivity index (χ1n) is 5.01. The minimum atomic E-state index is -0.696. The Balaban J connectivity index is 2.15. The molecule has 1 fully saturated rings. The summed E-state index contributed by atoms with van der Waals surface area (Å²) in [6.45, 7) is 0.627. The van der Waals surface area contributed by atoms with E-state index in [0.29, 0.717) is 13.0 Å². The minimum absolute atomic E-state index is 0.217. The summed E-state index contributed by atoms with van der Waals surface area (Å²) < 4.78 is 0. The topological polar surface area (TPSA) is 53.4 Å². The second-order valence-electron chi connectivity index (χ2n) is 4.01. The Labute approximate surface area is 88.6 Å². The summed E-state index contributed by atoms with van der Waals surface area (Å²) in [5.74, 6) is -0.938. The number of carboxylic acids is 1. The van der Waals surface area contributed by atoms with E-state index in [2.05, 4.69) is 9.88 Å². The van der Waals surface area contributed by atoms with Gasteiger partial charge in [-0.3, -0.25) is 14.7 Å². The van der Waals surface area contributed by atoms with E-state index >= 15 is 0 Å². The average molecular weight is 206 g/mol. The van der Waals surface area contributed by atoms with Crippen LogP contribution in [0.25, 0.3) is 0 Å². The summed E-state index contributed by atoms with van der Waals surface area (Å²) in [7, 11) is 1.97. The summed E-state index contributed by atoms with van der Waals surface area (Å²) in [5.41, 5.74) is 1.15. The Morgan fingerprint density at radius 2 is 2.20 bits per heavy atom. The predicted molar refractivity (Wildman–Crippen MR) is 55.4 cm³/mol. The predicted octanol–water partition coefficient (Wildman–Crippen LogP) is 1.16. The highest BCUT2D eigenvalue weighted by molar-refractivity contribution is 5.70. The van der Waals surface area contributed by atoms with Gasteiger partial charge >= 0.3 is 5.97 Å². The number of aromatic nitrogens is 1. The lowest BCUT2D eigenvalue weighted by Crippen LogP contribution is -2.20. The lowest BCUT2D eigenvalue weighted by atomic mass is 10.0. The molecule has 0 saturated carbocycles. The molecule has 4 nitrogen and oxygen atoms in total. The molecule has 0 aromatic carbocycles. The van der Waals surface area contributed by atoms with Crippen molar-refractivity contribution in [3.05, 3.63) is 30.1 Å². The maximum Gasteiger partial charge on any atom is 0.307 e. The van der Waals surface area contributed by atoms with Crippen LogP contribution in [0.5, 0.6) is 0 Å². The molecule has 2 rings (SSSR count). The van der Waals surface area contributed by atoms with E-state index in [-0.39, 0.29) is 12.0 Å². The molecule has 0 aliphatic carbocycles. The van der Waals surface area contributed by atoms with E-state index < -0.39 is 5.97 Å². The Hall–Kier alpha value is -1.42. The molecule has 1 aromatic rings. The van der Waals surface area contributed by atoms with Crippen molar-refractivity contribution in [2.75, 3.05) is 13.6 Å². The van der Waals surface area contributed by atoms with Crippen molar-refractivity contribution in [2.45, 2.75) is 12.5 Å². The Morgan fingerprint density at radius 1 is 1.53 bits per heavy atom. The molecule has 15 heavy (non-hydrogen) atoms. The van der Waals surface area contributed by atoms with Crippen LogP contribution in [0, 0.1) is 5.92 Å². The quantitative estimate of drug-likeness (QED) is 0.789. The van der Waals surface area contributed by atoms with Gasteiger partial charge in [0, 0.05) is 25.0 Å². The summed E-state index contributed by atoms with van der Waals surface area (Å²) >= 11 is 0. The van der Waals surface area contributed by atoms with Crippen molar-refractivity contribution in [1.82, 2.24) is 9.88 Å². The molecule has 80 valence electrons. The molecule has 1 aliphatic heterocycles. The first kappa shape index (κ1) is 10.1. The summed E-state index contributed by atoms with van der Waals surface area (Å²) in [6, 6.07) is 4.12. The third kappa shape index (κ3) is 1.99. The molecular formula is C11H14N2O2. The molecule has 0 bridgehead atoms. The summed E-state index contributed by atoms with van der Waals surface area (Å²) in [4.78, 5) is 16.9. The van der Waals surface area contributed by atoms with Crippen LogP contribution >= 0.6 is 0 Å². The first-order valence-corrected chi connectivity index (χ1v) is 5.01. The first-order chi connectivity index (χ1) is 7.18. The van der Waals surface area contributed by atoms with E-state index in [4.69, 9.17) is 5.11 Å². The third-order valence-electron chi connectivity index (χ3n) is 2.99. The van der Waals surface area contributed by atoms with E-state index in [1.54, 1.807) is 12.4 Å². The fourth-order valence-corrected chi connectivity index (χ4v) is 2.15. The lowest BCUT2D eigenvalue weighted by Gasteiger charge is -2.18. The molecule has 0 amide bonds. The van der Waals surface area contributed by atoms with Gasteiger partial charge in [-0.2, -0.15) is 0 Å². The van der Waals surface area contributed by atoms with Gasteiger partial charge in [-0.05, 0) is 31.2 Å². The largest absolute Gasteiger partial charge is 0.481 e. The molecule has 2 atom stereocenters. The van der Waals surface area contributed by atoms with Crippen LogP contribution in [-0.2, 0) is 4.79 Å². The zero-order valence-corrected chi connectivity index (χ0v) is 8.63. The van der Waals surface area contributed by atoms with Crippen LogP contribution in [0.3, 0.4) is 0 Å². The van der Waals surface area contributed by atoms with Crippen molar-refractivity contribution in [1.29, 1.82) is 0 Å². The Bertz CT molecular complexity index is 353. The van der Waals surface area contributed by atoms with E-state index in [1.807, 2.05) is 19.2 Å². The highest BCUT2D eigenvalue weighted by atomic mass is 16.4. The van der Waals surface area contributed by atoms with Crippen molar-refractivity contribution in [2.24, 2.45) is 5.92 Å². The lowest BCUT2D eigenvalue weighted by molar-refractivity contribution is -0.141. The SMILES string of the molecule is CN1C[C@@H](C(=O)O)C[C@H]1c1ccncc1. The van der Waals surface area contributed by atoms with Gasteiger partial charge in [0.25, 0.3) is 0 Å². The third-order valence-corrected chi connectivity index (χ3v) is 2.99. The average Bonchev–Trinajstić information content (AvgIpc) is 2.62. The van der Waals surface area contributed by atoms with Gasteiger partial charge in [0.2, 0.25) is 0 Å². The maximum atomic E-state index is 10.9. The van der Waals surface area contributed by atoms with E-state index in [9.17, 15) is 4.79 Å². The number of hydrogen-bond acceptors (Lipinski definition) is 3. The zero-order chi connectivity index (χ0) is 10.8. The van der Waals surface area contributed by atoms with E-state index in [0.717, 1.165) is 5.56 Å². The molecule has 1 saturated heterocycles. The second-order valence-corrected chi connectivity index (χ2v) is 4.01. The van der Waals surface area contributed by atoms with Crippen LogP contribution in [0.4, 0.5) is 0 Å². The molecule has 0 unspecified atom stereocenters. The maximum absolute atomic E-state index is 10.9. The van der Waals surface area contributed by atoms with Gasteiger partial charge in [-0.15, -0.1) is 0 Å². The van der Waals surface area contributed by atoms with Crippen LogP contribution in [0.1, 0.15) is 18.0 Å². The minimum Gasteiger partial charge on any atom is -0.481 e. The fourth-order valence-electron chi connectivity index (χ4n) is 2.15. The normalized spacial score (nSPS) is 26.7. The Morgan fingerprint density at radius 3 is 2.73 bits per heavy atom. The monoisotopic (exact) mass is 206 g/mol. The number of aliphatic carboxylic acids is 1. The molecule has 4 heteroatoms. The van der Waals surface area contributed by atoms with E-state index in [1.165, 1.54) is 0 Å². The molecule has 0 spiro atoms. The molecule has 1 N–H and O–H groups in total. The van der Waals surface area contributed by atoms with Gasteiger partial charge < -0.3 is 5.11 Å². The smallest absolute Gasteiger partial charge is 0.307 e.